The number of nitrogens with zero attached hydrogens (tertiary/aromatic N) is 1. The van der Waals surface area contributed by atoms with Crippen LogP contribution in [0.5, 0.6) is 0 Å². The van der Waals surface area contributed by atoms with Crippen LogP contribution in [-0.2, 0) is 14.8 Å². The predicted molar refractivity (Wildman–Crippen MR) is 76.0 cm³/mol. The molecule has 1 aliphatic rings. The van der Waals surface area contributed by atoms with Crippen molar-refractivity contribution in [2.75, 3.05) is 24.6 Å². The first-order valence-electron chi connectivity index (χ1n) is 6.16. The van der Waals surface area contributed by atoms with Crippen molar-refractivity contribution >= 4 is 33.8 Å². The lowest BCUT2D eigenvalue weighted by Gasteiger charge is -2.25. The number of sulfonamides is 1. The highest BCUT2D eigenvalue weighted by Gasteiger charge is 2.39. The lowest BCUT2D eigenvalue weighted by molar-refractivity contribution is -0.141. The summed E-state index contributed by atoms with van der Waals surface area (Å²) in [6.07, 6.45) is 0. The van der Waals surface area contributed by atoms with E-state index in [4.69, 9.17) is 5.11 Å². The van der Waals surface area contributed by atoms with Gasteiger partial charge in [-0.3, -0.25) is 4.90 Å². The zero-order valence-electron chi connectivity index (χ0n) is 11.3. The third-order valence-corrected chi connectivity index (χ3v) is 5.44. The molecule has 0 aromatic heterocycles. The largest absolute Gasteiger partial charge is 0.480 e. The van der Waals surface area contributed by atoms with E-state index in [0.717, 1.165) is 0 Å². The molecule has 0 aromatic rings. The molecule has 0 aliphatic carbocycles. The number of rotatable bonds is 6. The number of carbonyl (C=O) groups is 2. The van der Waals surface area contributed by atoms with Gasteiger partial charge in [0.15, 0.2) is 0 Å². The molecular formula is C10H19N3O5S2. The van der Waals surface area contributed by atoms with E-state index in [2.05, 4.69) is 10.0 Å². The van der Waals surface area contributed by atoms with Crippen molar-refractivity contribution in [3.05, 3.63) is 0 Å². The lowest BCUT2D eigenvalue weighted by atomic mass is 10.3. The third kappa shape index (κ3) is 4.53. The molecule has 1 saturated heterocycles. The quantitative estimate of drug-likeness (QED) is 0.605. The molecule has 1 fully saturated rings. The minimum Gasteiger partial charge on any atom is -0.480 e. The molecule has 2 amide bonds. The Hall–Kier alpha value is -1.00. The molecule has 116 valence electrons. The monoisotopic (exact) mass is 325 g/mol. The van der Waals surface area contributed by atoms with E-state index in [-0.39, 0.29) is 24.2 Å². The second-order valence-electron chi connectivity index (χ2n) is 4.24. The average molecular weight is 325 g/mol. The van der Waals surface area contributed by atoms with Gasteiger partial charge in [0, 0.05) is 18.8 Å². The zero-order chi connectivity index (χ0) is 15.3. The van der Waals surface area contributed by atoms with Gasteiger partial charge in [0.25, 0.3) is 0 Å². The van der Waals surface area contributed by atoms with Gasteiger partial charge in [-0.05, 0) is 6.92 Å². The molecular weight excluding hydrogens is 306 g/mol. The molecule has 0 saturated carbocycles. The first-order chi connectivity index (χ1) is 9.28. The minimum atomic E-state index is -3.40. The van der Waals surface area contributed by atoms with Crippen molar-refractivity contribution in [3.8, 4) is 0 Å². The average Bonchev–Trinajstić information content (AvgIpc) is 2.70. The summed E-state index contributed by atoms with van der Waals surface area (Å²) in [6, 6.07) is -1.43. The fourth-order valence-corrected chi connectivity index (χ4v) is 3.94. The van der Waals surface area contributed by atoms with Crippen molar-refractivity contribution in [2.24, 2.45) is 0 Å². The van der Waals surface area contributed by atoms with E-state index in [1.807, 2.05) is 0 Å². The molecule has 2 unspecified atom stereocenters. The van der Waals surface area contributed by atoms with Crippen LogP contribution in [0, 0.1) is 0 Å². The number of amides is 2. The Morgan fingerprint density at radius 3 is 2.65 bits per heavy atom. The maximum atomic E-state index is 11.9. The normalized spacial score (nSPS) is 22.8. The second kappa shape index (κ2) is 7.14. The molecule has 8 nitrogen and oxygen atoms in total. The molecule has 1 aliphatic heterocycles. The maximum absolute atomic E-state index is 11.9. The van der Waals surface area contributed by atoms with Crippen molar-refractivity contribution in [1.29, 1.82) is 0 Å². The number of carboxylic acid groups (broad SMARTS) is 1. The summed E-state index contributed by atoms with van der Waals surface area (Å²) in [5.41, 5.74) is 0. The van der Waals surface area contributed by atoms with Gasteiger partial charge in [0.2, 0.25) is 10.0 Å². The summed E-state index contributed by atoms with van der Waals surface area (Å²) in [5, 5.41) is 11.2. The van der Waals surface area contributed by atoms with Crippen molar-refractivity contribution < 1.29 is 23.1 Å². The number of urea groups is 1. The van der Waals surface area contributed by atoms with Gasteiger partial charge in [-0.15, -0.1) is 11.8 Å². The number of aliphatic carboxylic acids is 1. The van der Waals surface area contributed by atoms with E-state index < -0.39 is 28.1 Å². The number of nitrogens with one attached hydrogen (secondary N) is 2. The molecule has 2 atom stereocenters. The van der Waals surface area contributed by atoms with E-state index in [1.165, 1.54) is 16.7 Å². The highest BCUT2D eigenvalue weighted by Crippen LogP contribution is 2.28. The SMILES string of the molecule is CCNS(=O)(=O)CCNC(=O)N1C(C)SCC1C(=O)O. The van der Waals surface area contributed by atoms with Crippen LogP contribution in [0.4, 0.5) is 4.79 Å². The molecule has 0 bridgehead atoms. The lowest BCUT2D eigenvalue weighted by Crippen LogP contribution is -2.50. The van der Waals surface area contributed by atoms with Gasteiger partial charge in [0.05, 0.1) is 11.1 Å². The van der Waals surface area contributed by atoms with Crippen LogP contribution in [0.1, 0.15) is 13.8 Å². The molecule has 10 heteroatoms. The number of hydrogen-bond acceptors (Lipinski definition) is 5. The molecule has 0 spiro atoms. The van der Waals surface area contributed by atoms with Crippen molar-refractivity contribution in [3.63, 3.8) is 0 Å². The van der Waals surface area contributed by atoms with E-state index in [1.54, 1.807) is 13.8 Å². The smallest absolute Gasteiger partial charge is 0.327 e. The van der Waals surface area contributed by atoms with E-state index >= 15 is 0 Å². The molecule has 1 heterocycles. The van der Waals surface area contributed by atoms with Crippen LogP contribution < -0.4 is 10.0 Å². The standard InChI is InChI=1S/C10H19N3O5S2/c1-3-12-20(17,18)5-4-11-10(16)13-7(2)19-6-8(13)9(14)15/h7-8,12H,3-6H2,1-2H3,(H,11,16)(H,14,15). The maximum Gasteiger partial charge on any atom is 0.327 e. The van der Waals surface area contributed by atoms with E-state index in [0.29, 0.717) is 5.75 Å². The Balaban J connectivity index is 2.52. The Kier molecular flexibility index (Phi) is 6.08. The predicted octanol–water partition coefficient (Wildman–Crippen LogP) is -0.517. The van der Waals surface area contributed by atoms with Gasteiger partial charge in [-0.1, -0.05) is 6.92 Å². The van der Waals surface area contributed by atoms with Crippen LogP contribution >= 0.6 is 11.8 Å². The van der Waals surface area contributed by atoms with Crippen LogP contribution in [0.25, 0.3) is 0 Å². The number of carbonyl (C=O) groups excluding carboxylic acids is 1. The van der Waals surface area contributed by atoms with Gasteiger partial charge < -0.3 is 10.4 Å². The second-order valence-corrected chi connectivity index (χ2v) is 7.52. The highest BCUT2D eigenvalue weighted by atomic mass is 32.2. The van der Waals surface area contributed by atoms with Crippen molar-refractivity contribution in [1.82, 2.24) is 14.9 Å². The zero-order valence-corrected chi connectivity index (χ0v) is 13.0. The van der Waals surface area contributed by atoms with Crippen LogP contribution in [0.15, 0.2) is 0 Å². The molecule has 0 aromatic carbocycles. The first kappa shape index (κ1) is 17.1. The van der Waals surface area contributed by atoms with Gasteiger partial charge in [-0.2, -0.15) is 0 Å². The van der Waals surface area contributed by atoms with Gasteiger partial charge >= 0.3 is 12.0 Å². The van der Waals surface area contributed by atoms with Crippen LogP contribution in [0.3, 0.4) is 0 Å². The van der Waals surface area contributed by atoms with Crippen LogP contribution in [-0.4, -0.2) is 66.4 Å². The summed E-state index contributed by atoms with van der Waals surface area (Å²) in [5.74, 6) is -0.962. The summed E-state index contributed by atoms with van der Waals surface area (Å²) in [7, 11) is -3.40. The van der Waals surface area contributed by atoms with Gasteiger partial charge in [0.1, 0.15) is 6.04 Å². The fourth-order valence-electron chi connectivity index (χ4n) is 1.82. The molecule has 20 heavy (non-hydrogen) atoms. The number of hydrogen-bond donors (Lipinski definition) is 3. The van der Waals surface area contributed by atoms with Crippen LogP contribution in [0.2, 0.25) is 0 Å². The van der Waals surface area contributed by atoms with E-state index in [9.17, 15) is 18.0 Å². The summed E-state index contributed by atoms with van der Waals surface area (Å²) < 4.78 is 25.1. The molecule has 0 radical (unpaired) electrons. The van der Waals surface area contributed by atoms with Gasteiger partial charge in [-0.25, -0.2) is 22.7 Å². The summed E-state index contributed by atoms with van der Waals surface area (Å²) in [6.45, 7) is 3.63. The summed E-state index contributed by atoms with van der Waals surface area (Å²) in [4.78, 5) is 24.2. The fraction of sp³-hybridized carbons (Fsp3) is 0.800. The topological polar surface area (TPSA) is 116 Å². The van der Waals surface area contributed by atoms with Crippen molar-refractivity contribution in [2.45, 2.75) is 25.3 Å². The summed E-state index contributed by atoms with van der Waals surface area (Å²) >= 11 is 1.37. The third-order valence-electron chi connectivity index (χ3n) is 2.75. The Bertz CT molecular complexity index is 468. The first-order valence-corrected chi connectivity index (χ1v) is 8.86. The number of carboxylic acids is 1. The Morgan fingerprint density at radius 2 is 2.10 bits per heavy atom. The minimum absolute atomic E-state index is 0.0611. The highest BCUT2D eigenvalue weighted by molar-refractivity contribution is 8.00. The molecule has 3 N–H and O–H groups in total. The number of thioether (sulfide) groups is 1. The molecule has 1 rings (SSSR count). The Labute approximate surface area is 122 Å². The Morgan fingerprint density at radius 1 is 1.45 bits per heavy atom.